The molecule has 39 heavy (non-hydrogen) atoms. The number of pyridine rings is 1. The molecule has 3 aromatic rings. The Balaban J connectivity index is 1.11. The molecule has 1 atom stereocenters. The summed E-state index contributed by atoms with van der Waals surface area (Å²) in [7, 11) is -1.51. The molecule has 1 aliphatic carbocycles. The molecule has 204 valence electrons. The molecule has 0 spiro atoms. The Morgan fingerprint density at radius 1 is 1.08 bits per heavy atom. The number of carbonyl (C=O) groups is 1. The van der Waals surface area contributed by atoms with Gasteiger partial charge in [-0.3, -0.25) is 4.79 Å². The summed E-state index contributed by atoms with van der Waals surface area (Å²) < 4.78 is 39.2. The van der Waals surface area contributed by atoms with Gasteiger partial charge in [-0.15, -0.1) is 0 Å². The molecule has 3 aliphatic rings. The van der Waals surface area contributed by atoms with Gasteiger partial charge in [0.05, 0.1) is 16.0 Å². The van der Waals surface area contributed by atoms with Crippen LogP contribution in [0.3, 0.4) is 0 Å². The summed E-state index contributed by atoms with van der Waals surface area (Å²) in [6, 6.07) is 18.1. The average Bonchev–Trinajstić information content (AvgIpc) is 3.45. The van der Waals surface area contributed by atoms with Crippen molar-refractivity contribution in [1.29, 1.82) is 0 Å². The van der Waals surface area contributed by atoms with E-state index in [4.69, 9.17) is 9.47 Å². The number of likely N-dealkylation sites (tertiary alicyclic amines) is 1. The Morgan fingerprint density at radius 2 is 1.87 bits per heavy atom. The predicted molar refractivity (Wildman–Crippen MR) is 147 cm³/mol. The number of ether oxygens (including phenoxy) is 2. The third-order valence-electron chi connectivity index (χ3n) is 8.00. The summed E-state index contributed by atoms with van der Waals surface area (Å²) in [6.07, 6.45) is 4.57. The number of benzene rings is 2. The fourth-order valence-corrected chi connectivity index (χ4v) is 6.51. The highest BCUT2D eigenvalue weighted by Crippen LogP contribution is 2.51. The second-order valence-electron chi connectivity index (χ2n) is 10.5. The Bertz CT molecular complexity index is 1490. The van der Waals surface area contributed by atoms with Gasteiger partial charge in [-0.1, -0.05) is 24.3 Å². The van der Waals surface area contributed by atoms with Gasteiger partial charge >= 0.3 is 0 Å². The van der Waals surface area contributed by atoms with E-state index in [2.05, 4.69) is 27.0 Å². The van der Waals surface area contributed by atoms with Gasteiger partial charge in [0, 0.05) is 18.2 Å². The number of aromatic nitrogens is 1. The first kappa shape index (κ1) is 25.8. The first-order valence-corrected chi connectivity index (χ1v) is 14.8. The van der Waals surface area contributed by atoms with Crippen LogP contribution in [-0.4, -0.2) is 57.2 Å². The predicted octanol–water partition coefficient (Wildman–Crippen LogP) is 3.91. The quantitative estimate of drug-likeness (QED) is 0.417. The molecule has 3 heterocycles. The van der Waals surface area contributed by atoms with Crippen LogP contribution in [0.5, 0.6) is 11.5 Å². The van der Waals surface area contributed by atoms with Crippen LogP contribution in [0.2, 0.25) is 0 Å². The Morgan fingerprint density at radius 3 is 2.62 bits per heavy atom. The van der Waals surface area contributed by atoms with Gasteiger partial charge in [-0.05, 0) is 87.7 Å². The van der Waals surface area contributed by atoms with Gasteiger partial charge in [0.15, 0.2) is 11.5 Å². The van der Waals surface area contributed by atoms with Crippen molar-refractivity contribution in [2.45, 2.75) is 48.5 Å². The maximum atomic E-state index is 13.3. The molecular formula is C29H32N4O5S. The van der Waals surface area contributed by atoms with Gasteiger partial charge in [-0.2, -0.15) is 0 Å². The third kappa shape index (κ3) is 5.24. The first-order valence-electron chi connectivity index (χ1n) is 13.3. The smallest absolute Gasteiger partial charge is 0.240 e. The van der Waals surface area contributed by atoms with Crippen molar-refractivity contribution in [3.05, 3.63) is 66.2 Å². The van der Waals surface area contributed by atoms with Gasteiger partial charge in [0.25, 0.3) is 0 Å². The van der Waals surface area contributed by atoms with E-state index in [9.17, 15) is 13.2 Å². The van der Waals surface area contributed by atoms with Crippen LogP contribution in [0.15, 0.2) is 65.6 Å². The molecule has 2 aliphatic heterocycles. The normalized spacial score (nSPS) is 19.7. The van der Waals surface area contributed by atoms with Crippen LogP contribution in [0.4, 0.5) is 5.82 Å². The topological polar surface area (TPSA) is 110 Å². The van der Waals surface area contributed by atoms with Crippen molar-refractivity contribution >= 4 is 21.7 Å². The molecule has 10 heteroatoms. The van der Waals surface area contributed by atoms with E-state index in [0.717, 1.165) is 49.8 Å². The number of nitrogens with one attached hydrogen (secondary N) is 2. The number of hydrogen-bond acceptors (Lipinski definition) is 7. The lowest BCUT2D eigenvalue weighted by Crippen LogP contribution is -2.31. The van der Waals surface area contributed by atoms with Gasteiger partial charge < -0.3 is 19.7 Å². The van der Waals surface area contributed by atoms with E-state index in [1.165, 1.54) is 0 Å². The minimum Gasteiger partial charge on any atom is -0.454 e. The lowest BCUT2D eigenvalue weighted by molar-refractivity contribution is -0.118. The zero-order valence-electron chi connectivity index (χ0n) is 21.9. The van der Waals surface area contributed by atoms with E-state index in [1.54, 1.807) is 30.3 Å². The van der Waals surface area contributed by atoms with Crippen LogP contribution < -0.4 is 19.5 Å². The van der Waals surface area contributed by atoms with E-state index >= 15 is 0 Å². The van der Waals surface area contributed by atoms with Crippen LogP contribution in [0.25, 0.3) is 11.3 Å². The number of nitrogens with zero attached hydrogens (tertiary/aromatic N) is 2. The Kier molecular flexibility index (Phi) is 6.78. The molecule has 2 N–H and O–H groups in total. The number of sulfonamides is 1. The molecule has 9 nitrogen and oxygen atoms in total. The van der Waals surface area contributed by atoms with Gasteiger partial charge in [0.1, 0.15) is 5.82 Å². The highest BCUT2D eigenvalue weighted by atomic mass is 32.2. The van der Waals surface area contributed by atoms with Crippen molar-refractivity contribution in [2.24, 2.45) is 0 Å². The van der Waals surface area contributed by atoms with Crippen molar-refractivity contribution in [1.82, 2.24) is 14.6 Å². The number of hydrogen-bond donors (Lipinski definition) is 2. The zero-order valence-corrected chi connectivity index (χ0v) is 22.7. The monoisotopic (exact) mass is 548 g/mol. The van der Waals surface area contributed by atoms with Crippen molar-refractivity contribution in [3.63, 3.8) is 0 Å². The molecule has 1 saturated carbocycles. The van der Waals surface area contributed by atoms with E-state index in [1.807, 2.05) is 30.3 Å². The maximum Gasteiger partial charge on any atom is 0.240 e. The third-order valence-corrected chi connectivity index (χ3v) is 9.48. The molecule has 1 saturated heterocycles. The fraction of sp³-hybridized carbons (Fsp3) is 0.379. The van der Waals surface area contributed by atoms with Crippen molar-refractivity contribution in [3.8, 4) is 22.8 Å². The summed E-state index contributed by atoms with van der Waals surface area (Å²) in [6.45, 7) is 1.67. The van der Waals surface area contributed by atoms with Crippen molar-refractivity contribution < 1.29 is 22.7 Å². The van der Waals surface area contributed by atoms with Crippen molar-refractivity contribution in [2.75, 3.05) is 32.2 Å². The Labute approximate surface area is 228 Å². The molecule has 2 aromatic carbocycles. The largest absolute Gasteiger partial charge is 0.454 e. The number of fused-ring (bicyclic) bond motifs is 1. The second-order valence-corrected chi connectivity index (χ2v) is 12.3. The molecular weight excluding hydrogens is 516 g/mol. The average molecular weight is 549 g/mol. The van der Waals surface area contributed by atoms with Crippen LogP contribution >= 0.6 is 0 Å². The number of amides is 1. The molecule has 1 unspecified atom stereocenters. The van der Waals surface area contributed by atoms with Gasteiger partial charge in [-0.25, -0.2) is 18.1 Å². The van der Waals surface area contributed by atoms with Crippen LogP contribution in [-0.2, 0) is 20.2 Å². The lowest BCUT2D eigenvalue weighted by Gasteiger charge is -2.19. The van der Waals surface area contributed by atoms with Gasteiger partial charge in [0.2, 0.25) is 22.7 Å². The summed E-state index contributed by atoms with van der Waals surface area (Å²) in [5.41, 5.74) is 1.70. The molecule has 0 radical (unpaired) electrons. The SMILES string of the molecule is CN1CCCC1CCNS(=O)(=O)c1ccc(-c2cccc(NC(=O)C3(c4ccc5c(c4)OCO5)CC3)n2)cc1. The number of carbonyl (C=O) groups excluding carboxylic acids is 1. The summed E-state index contributed by atoms with van der Waals surface area (Å²) in [4.78, 5) is 20.4. The minimum atomic E-state index is -3.59. The van der Waals surface area contributed by atoms with Crippen LogP contribution in [0, 0.1) is 0 Å². The molecule has 2 fully saturated rings. The fourth-order valence-electron chi connectivity index (χ4n) is 5.46. The summed E-state index contributed by atoms with van der Waals surface area (Å²) >= 11 is 0. The highest BCUT2D eigenvalue weighted by Gasteiger charge is 2.51. The molecule has 0 bridgehead atoms. The van der Waals surface area contributed by atoms with E-state index in [-0.39, 0.29) is 17.6 Å². The number of rotatable bonds is 9. The highest BCUT2D eigenvalue weighted by molar-refractivity contribution is 7.89. The number of anilines is 1. The molecule has 1 aromatic heterocycles. The maximum absolute atomic E-state index is 13.3. The lowest BCUT2D eigenvalue weighted by atomic mass is 9.94. The van der Waals surface area contributed by atoms with E-state index in [0.29, 0.717) is 35.6 Å². The minimum absolute atomic E-state index is 0.109. The van der Waals surface area contributed by atoms with Crippen LogP contribution in [0.1, 0.15) is 37.7 Å². The first-order chi connectivity index (χ1) is 18.8. The Hall–Kier alpha value is -3.47. The summed E-state index contributed by atoms with van der Waals surface area (Å²) in [5.74, 6) is 1.69. The zero-order chi connectivity index (χ0) is 27.0. The summed E-state index contributed by atoms with van der Waals surface area (Å²) in [5, 5.41) is 2.97. The van der Waals surface area contributed by atoms with E-state index < -0.39 is 15.4 Å². The standard InChI is InChI=1S/C29H32N4O5S/c1-33-17-3-4-22(33)13-16-30-39(35,36)23-10-7-20(8-11-23)24-5-2-6-27(31-24)32-28(34)29(14-15-29)21-9-12-25-26(18-21)38-19-37-25/h2,5-12,18,22,30H,3-4,13-17,19H2,1H3,(H,31,32,34). The molecule has 6 rings (SSSR count). The second kappa shape index (κ2) is 10.3. The molecule has 1 amide bonds.